The number of carboxylic acids is 1. The van der Waals surface area contributed by atoms with Crippen molar-refractivity contribution in [3.05, 3.63) is 22.7 Å². The summed E-state index contributed by atoms with van der Waals surface area (Å²) < 4.78 is 32.0. The van der Waals surface area contributed by atoms with E-state index in [0.717, 1.165) is 6.07 Å². The van der Waals surface area contributed by atoms with Crippen molar-refractivity contribution in [1.29, 1.82) is 0 Å². The van der Waals surface area contributed by atoms with Crippen molar-refractivity contribution in [3.8, 4) is 0 Å². The number of nitrogens with one attached hydrogen (secondary N) is 1. The standard InChI is InChI=1S/C11H13BrN2O6S/c12-6-1-3-9(21(18,19)20)8(5-6)14-10(15)4-2-7(13)11(16)17/h1,3,5,7H,2,4,13H2,(H,14,15)(H,16,17)(H,18,19,20)/t7-/m0/s1. The fourth-order valence-electron chi connectivity index (χ4n) is 1.45. The number of benzene rings is 1. The molecule has 1 atom stereocenters. The third-order valence-corrected chi connectivity index (χ3v) is 3.90. The van der Waals surface area contributed by atoms with E-state index in [4.69, 9.17) is 15.4 Å². The molecule has 0 aliphatic heterocycles. The molecular weight excluding hydrogens is 368 g/mol. The first-order chi connectivity index (χ1) is 9.61. The second kappa shape index (κ2) is 6.98. The number of anilines is 1. The van der Waals surface area contributed by atoms with Crippen LogP contribution in [-0.2, 0) is 19.7 Å². The predicted octanol–water partition coefficient (Wildman–Crippen LogP) is 0.826. The van der Waals surface area contributed by atoms with Gasteiger partial charge in [0.15, 0.2) is 0 Å². The van der Waals surface area contributed by atoms with Crippen molar-refractivity contribution in [2.45, 2.75) is 23.8 Å². The molecule has 0 aliphatic carbocycles. The summed E-state index contributed by atoms with van der Waals surface area (Å²) in [6, 6.07) is 2.63. The van der Waals surface area contributed by atoms with Crippen LogP contribution in [0.3, 0.4) is 0 Å². The Bertz CT molecular complexity index is 661. The van der Waals surface area contributed by atoms with Crippen molar-refractivity contribution in [2.75, 3.05) is 5.32 Å². The third-order valence-electron chi connectivity index (χ3n) is 2.49. The number of carbonyl (C=O) groups excluding carboxylic acids is 1. The lowest BCUT2D eigenvalue weighted by atomic mass is 10.1. The Morgan fingerprint density at radius 2 is 2.00 bits per heavy atom. The highest BCUT2D eigenvalue weighted by molar-refractivity contribution is 9.10. The van der Waals surface area contributed by atoms with Gasteiger partial charge in [0.25, 0.3) is 10.1 Å². The van der Waals surface area contributed by atoms with Crippen LogP contribution >= 0.6 is 15.9 Å². The highest BCUT2D eigenvalue weighted by atomic mass is 79.9. The second-order valence-electron chi connectivity index (χ2n) is 4.15. The van der Waals surface area contributed by atoms with E-state index in [0.29, 0.717) is 4.47 Å². The summed E-state index contributed by atoms with van der Waals surface area (Å²) in [5, 5.41) is 10.9. The number of hydrogen-bond acceptors (Lipinski definition) is 5. The molecule has 0 heterocycles. The Hall–Kier alpha value is -1.49. The molecule has 0 fully saturated rings. The van der Waals surface area contributed by atoms with Gasteiger partial charge in [-0.25, -0.2) is 0 Å². The van der Waals surface area contributed by atoms with E-state index in [1.807, 2.05) is 0 Å². The first-order valence-corrected chi connectivity index (χ1v) is 7.90. The molecule has 0 radical (unpaired) electrons. The van der Waals surface area contributed by atoms with Gasteiger partial charge in [0.2, 0.25) is 5.91 Å². The Kier molecular flexibility index (Phi) is 5.84. The van der Waals surface area contributed by atoms with Crippen LogP contribution in [0.4, 0.5) is 5.69 Å². The summed E-state index contributed by atoms with van der Waals surface area (Å²) in [5.74, 6) is -1.85. The summed E-state index contributed by atoms with van der Waals surface area (Å²) in [6.45, 7) is 0. The quantitative estimate of drug-likeness (QED) is 0.534. The predicted molar refractivity (Wildman–Crippen MR) is 77.4 cm³/mol. The fourth-order valence-corrected chi connectivity index (χ4v) is 2.44. The van der Waals surface area contributed by atoms with E-state index < -0.39 is 32.9 Å². The molecule has 0 bridgehead atoms. The number of nitrogens with two attached hydrogens (primary N) is 1. The molecule has 0 aliphatic rings. The molecule has 0 aromatic heterocycles. The van der Waals surface area contributed by atoms with Crippen LogP contribution in [0.2, 0.25) is 0 Å². The van der Waals surface area contributed by atoms with Gasteiger partial charge in [-0.3, -0.25) is 14.1 Å². The first kappa shape index (κ1) is 17.6. The molecule has 1 aromatic carbocycles. The molecule has 0 saturated heterocycles. The number of rotatable bonds is 6. The van der Waals surface area contributed by atoms with Crippen LogP contribution in [0.1, 0.15) is 12.8 Å². The zero-order chi connectivity index (χ0) is 16.2. The largest absolute Gasteiger partial charge is 0.480 e. The second-order valence-corrected chi connectivity index (χ2v) is 6.45. The Morgan fingerprint density at radius 3 is 2.52 bits per heavy atom. The first-order valence-electron chi connectivity index (χ1n) is 5.66. The highest BCUT2D eigenvalue weighted by Gasteiger charge is 2.18. The lowest BCUT2D eigenvalue weighted by Crippen LogP contribution is -2.31. The van der Waals surface area contributed by atoms with Crippen LogP contribution in [-0.4, -0.2) is 36.0 Å². The fraction of sp³-hybridized carbons (Fsp3) is 0.273. The average Bonchev–Trinajstić information content (AvgIpc) is 2.34. The lowest BCUT2D eigenvalue weighted by Gasteiger charge is -2.10. The smallest absolute Gasteiger partial charge is 0.320 e. The van der Waals surface area contributed by atoms with Gasteiger partial charge < -0.3 is 16.2 Å². The van der Waals surface area contributed by atoms with Crippen molar-refractivity contribution in [2.24, 2.45) is 5.73 Å². The maximum Gasteiger partial charge on any atom is 0.320 e. The Balaban J connectivity index is 2.85. The number of amides is 1. The van der Waals surface area contributed by atoms with Gasteiger partial charge in [-0.05, 0) is 24.6 Å². The highest BCUT2D eigenvalue weighted by Crippen LogP contribution is 2.25. The molecule has 21 heavy (non-hydrogen) atoms. The van der Waals surface area contributed by atoms with Gasteiger partial charge in [0.05, 0.1) is 5.69 Å². The molecule has 0 spiro atoms. The number of carboxylic acid groups (broad SMARTS) is 1. The monoisotopic (exact) mass is 380 g/mol. The molecular formula is C11H13BrN2O6S. The van der Waals surface area contributed by atoms with Crippen molar-refractivity contribution >= 4 is 43.6 Å². The molecule has 5 N–H and O–H groups in total. The number of carbonyl (C=O) groups is 2. The van der Waals surface area contributed by atoms with E-state index in [-0.39, 0.29) is 18.5 Å². The summed E-state index contributed by atoms with van der Waals surface area (Å²) in [7, 11) is -4.49. The summed E-state index contributed by atoms with van der Waals surface area (Å²) in [6.07, 6.45) is -0.304. The minimum atomic E-state index is -4.49. The molecule has 0 unspecified atom stereocenters. The van der Waals surface area contributed by atoms with Gasteiger partial charge >= 0.3 is 5.97 Å². The molecule has 116 valence electrons. The summed E-state index contributed by atoms with van der Waals surface area (Å²) in [4.78, 5) is 21.7. The van der Waals surface area contributed by atoms with Crippen LogP contribution in [0, 0.1) is 0 Å². The van der Waals surface area contributed by atoms with Gasteiger partial charge in [0, 0.05) is 10.9 Å². The SMILES string of the molecule is N[C@@H](CCC(=O)Nc1cc(Br)ccc1S(=O)(=O)O)C(=O)O. The van der Waals surface area contributed by atoms with Crippen molar-refractivity contribution in [3.63, 3.8) is 0 Å². The minimum Gasteiger partial charge on any atom is -0.480 e. The van der Waals surface area contributed by atoms with Crippen LogP contribution < -0.4 is 11.1 Å². The molecule has 1 aromatic rings. The zero-order valence-corrected chi connectivity index (χ0v) is 13.0. The van der Waals surface area contributed by atoms with Crippen LogP contribution in [0.15, 0.2) is 27.6 Å². The number of halogens is 1. The van der Waals surface area contributed by atoms with Crippen LogP contribution in [0.5, 0.6) is 0 Å². The lowest BCUT2D eigenvalue weighted by molar-refractivity contribution is -0.138. The van der Waals surface area contributed by atoms with Gasteiger partial charge in [-0.2, -0.15) is 8.42 Å². The van der Waals surface area contributed by atoms with E-state index in [1.54, 1.807) is 0 Å². The molecule has 0 saturated carbocycles. The maximum atomic E-state index is 11.7. The zero-order valence-electron chi connectivity index (χ0n) is 10.6. The molecule has 1 rings (SSSR count). The average molecular weight is 381 g/mol. The molecule has 8 nitrogen and oxygen atoms in total. The summed E-state index contributed by atoms with van der Waals surface area (Å²) in [5.41, 5.74) is 5.15. The van der Waals surface area contributed by atoms with Crippen LogP contribution in [0.25, 0.3) is 0 Å². The van der Waals surface area contributed by atoms with Crippen molar-refractivity contribution in [1.82, 2.24) is 0 Å². The van der Waals surface area contributed by atoms with Gasteiger partial charge in [-0.15, -0.1) is 0 Å². The number of hydrogen-bond donors (Lipinski definition) is 4. The third kappa shape index (κ3) is 5.42. The normalized spacial score (nSPS) is 12.7. The minimum absolute atomic E-state index is 0.101. The summed E-state index contributed by atoms with van der Waals surface area (Å²) >= 11 is 3.11. The van der Waals surface area contributed by atoms with E-state index in [9.17, 15) is 18.0 Å². The topological polar surface area (TPSA) is 147 Å². The van der Waals surface area contributed by atoms with E-state index in [1.165, 1.54) is 12.1 Å². The Morgan fingerprint density at radius 1 is 1.38 bits per heavy atom. The maximum absolute atomic E-state index is 11.7. The number of aliphatic carboxylic acids is 1. The van der Waals surface area contributed by atoms with Gasteiger partial charge in [0.1, 0.15) is 10.9 Å². The molecule has 1 amide bonds. The molecule has 10 heteroatoms. The van der Waals surface area contributed by atoms with Gasteiger partial charge in [-0.1, -0.05) is 15.9 Å². The van der Waals surface area contributed by atoms with E-state index in [2.05, 4.69) is 21.2 Å². The van der Waals surface area contributed by atoms with E-state index >= 15 is 0 Å². The Labute approximate surface area is 129 Å². The van der Waals surface area contributed by atoms with Crippen molar-refractivity contribution < 1.29 is 27.7 Å².